The van der Waals surface area contributed by atoms with Crippen LogP contribution in [0.4, 0.5) is 10.1 Å². The van der Waals surface area contributed by atoms with Gasteiger partial charge in [0.05, 0.1) is 36.3 Å². The molecule has 43 heavy (non-hydrogen) atoms. The summed E-state index contributed by atoms with van der Waals surface area (Å²) in [6, 6.07) is 21.4. The Morgan fingerprint density at radius 2 is 1.56 bits per heavy atom. The lowest BCUT2D eigenvalue weighted by atomic mass is 9.78. The first-order valence-corrected chi connectivity index (χ1v) is 15.4. The van der Waals surface area contributed by atoms with E-state index in [4.69, 9.17) is 0 Å². The topological polar surface area (TPSA) is 114 Å². The standard InChI is InChI=1S/C34H37FN2O5S/c35-27-10-8-25(9-11-27)30(40)15-14-29-32(26-6-1-24(2-7-26)17-18-34(42,21-38)22-39)37(33(29)41)28-12-3-23(4-13-28)5-16-31-36-19-20-43-31/h1-4,6-13,19-20,29-30,32,38-40,42H,5,14-18,21-22H2/t29-,30+,32-/m1/s1. The summed E-state index contributed by atoms with van der Waals surface area (Å²) in [6.45, 7) is -1.04. The van der Waals surface area contributed by atoms with E-state index < -0.39 is 24.9 Å². The Balaban J connectivity index is 1.32. The van der Waals surface area contributed by atoms with Gasteiger partial charge in [0.1, 0.15) is 11.4 Å². The molecule has 0 saturated carbocycles. The third kappa shape index (κ3) is 7.37. The predicted octanol–water partition coefficient (Wildman–Crippen LogP) is 4.93. The molecule has 0 bridgehead atoms. The van der Waals surface area contributed by atoms with Gasteiger partial charge in [0.15, 0.2) is 0 Å². The molecule has 0 radical (unpaired) electrons. The number of hydrogen-bond acceptors (Lipinski definition) is 7. The van der Waals surface area contributed by atoms with Gasteiger partial charge in [-0.3, -0.25) is 4.79 Å². The minimum atomic E-state index is -1.53. The van der Waals surface area contributed by atoms with Crippen LogP contribution in [-0.4, -0.2) is 50.1 Å². The molecule has 1 amide bonds. The molecule has 4 N–H and O–H groups in total. The predicted molar refractivity (Wildman–Crippen MR) is 164 cm³/mol. The van der Waals surface area contributed by atoms with Gasteiger partial charge < -0.3 is 25.3 Å². The molecule has 2 heterocycles. The van der Waals surface area contributed by atoms with Gasteiger partial charge >= 0.3 is 0 Å². The van der Waals surface area contributed by atoms with E-state index in [1.165, 1.54) is 12.1 Å². The highest BCUT2D eigenvalue weighted by atomic mass is 32.1. The molecule has 1 aromatic heterocycles. The number of amides is 1. The van der Waals surface area contributed by atoms with E-state index in [1.807, 2.05) is 65.0 Å². The monoisotopic (exact) mass is 604 g/mol. The molecule has 1 fully saturated rings. The molecule has 226 valence electrons. The lowest BCUT2D eigenvalue weighted by Crippen LogP contribution is -2.55. The SMILES string of the molecule is O=C1[C@H](CC[C@H](O)c2ccc(F)cc2)[C@@H](c2ccc(CCC(O)(CO)CO)cc2)N1c1ccc(CCc2nccs2)cc1. The zero-order valence-electron chi connectivity index (χ0n) is 23.8. The fourth-order valence-electron chi connectivity index (χ4n) is 5.61. The molecule has 0 spiro atoms. The zero-order valence-corrected chi connectivity index (χ0v) is 24.7. The largest absolute Gasteiger partial charge is 0.393 e. The third-order valence-electron chi connectivity index (χ3n) is 8.33. The molecule has 0 unspecified atom stereocenters. The molecule has 3 atom stereocenters. The molecule has 3 aromatic carbocycles. The van der Waals surface area contributed by atoms with Crippen LogP contribution in [0.3, 0.4) is 0 Å². The fraction of sp³-hybridized carbons (Fsp3) is 0.353. The number of aliphatic hydroxyl groups is 4. The molecule has 1 saturated heterocycles. The van der Waals surface area contributed by atoms with Gasteiger partial charge in [0, 0.05) is 23.7 Å². The quantitative estimate of drug-likeness (QED) is 0.152. The molecule has 1 aliphatic heterocycles. The normalized spacial score (nSPS) is 17.6. The number of rotatable bonds is 14. The van der Waals surface area contributed by atoms with Crippen molar-refractivity contribution in [2.24, 2.45) is 5.92 Å². The van der Waals surface area contributed by atoms with Crippen LogP contribution < -0.4 is 4.90 Å². The molecule has 1 aliphatic rings. The second kappa shape index (κ2) is 13.9. The second-order valence-electron chi connectivity index (χ2n) is 11.3. The van der Waals surface area contributed by atoms with E-state index in [2.05, 4.69) is 4.98 Å². The summed E-state index contributed by atoms with van der Waals surface area (Å²) in [5, 5.41) is 42.8. The molecule has 4 aromatic rings. The second-order valence-corrected chi connectivity index (χ2v) is 12.3. The average Bonchev–Trinajstić information content (AvgIpc) is 3.56. The highest BCUT2D eigenvalue weighted by Crippen LogP contribution is 2.46. The maximum atomic E-state index is 13.6. The number of anilines is 1. The minimum absolute atomic E-state index is 0.00752. The summed E-state index contributed by atoms with van der Waals surface area (Å²) in [7, 11) is 0. The number of halogens is 1. The van der Waals surface area contributed by atoms with Crippen molar-refractivity contribution < 1.29 is 29.6 Å². The first-order valence-electron chi connectivity index (χ1n) is 14.6. The van der Waals surface area contributed by atoms with Crippen LogP contribution in [0.5, 0.6) is 0 Å². The fourth-order valence-corrected chi connectivity index (χ4v) is 6.23. The third-order valence-corrected chi connectivity index (χ3v) is 9.17. The van der Waals surface area contributed by atoms with E-state index in [9.17, 15) is 29.6 Å². The van der Waals surface area contributed by atoms with Gasteiger partial charge in [-0.25, -0.2) is 9.37 Å². The molecular formula is C34H37FN2O5S. The van der Waals surface area contributed by atoms with Crippen molar-refractivity contribution in [2.45, 2.75) is 56.3 Å². The molecule has 0 aliphatic carbocycles. The summed E-state index contributed by atoms with van der Waals surface area (Å²) < 4.78 is 13.4. The van der Waals surface area contributed by atoms with Gasteiger partial charge in [-0.15, -0.1) is 11.3 Å². The van der Waals surface area contributed by atoms with Crippen molar-refractivity contribution in [2.75, 3.05) is 18.1 Å². The number of thiazole rings is 1. The highest BCUT2D eigenvalue weighted by molar-refractivity contribution is 7.09. The number of benzene rings is 3. The van der Waals surface area contributed by atoms with E-state index in [0.29, 0.717) is 24.8 Å². The zero-order chi connectivity index (χ0) is 30.4. The Bertz CT molecular complexity index is 1460. The first-order chi connectivity index (χ1) is 20.8. The van der Waals surface area contributed by atoms with Crippen LogP contribution in [-0.2, 0) is 24.1 Å². The first kappa shape index (κ1) is 31.0. The molecule has 7 nitrogen and oxygen atoms in total. The minimum Gasteiger partial charge on any atom is -0.393 e. The van der Waals surface area contributed by atoms with Crippen molar-refractivity contribution in [3.8, 4) is 0 Å². The van der Waals surface area contributed by atoms with Crippen LogP contribution in [0, 0.1) is 11.7 Å². The Hall–Kier alpha value is -3.47. The number of carbonyl (C=O) groups excluding carboxylic acids is 1. The summed E-state index contributed by atoms with van der Waals surface area (Å²) in [6.07, 6.45) is 4.24. The van der Waals surface area contributed by atoms with Crippen molar-refractivity contribution in [3.05, 3.63) is 117 Å². The number of carbonyl (C=O) groups is 1. The highest BCUT2D eigenvalue weighted by Gasteiger charge is 2.48. The van der Waals surface area contributed by atoms with Crippen LogP contribution in [0.1, 0.15) is 58.7 Å². The Labute approximate surface area is 254 Å². The van der Waals surface area contributed by atoms with Gasteiger partial charge in [0.25, 0.3) is 0 Å². The summed E-state index contributed by atoms with van der Waals surface area (Å²) in [5.74, 6) is -0.706. The summed E-state index contributed by atoms with van der Waals surface area (Å²) in [5.41, 5.74) is 2.95. The van der Waals surface area contributed by atoms with Crippen LogP contribution >= 0.6 is 11.3 Å². The molecular weight excluding hydrogens is 567 g/mol. The Morgan fingerprint density at radius 3 is 2.19 bits per heavy atom. The van der Waals surface area contributed by atoms with Crippen molar-refractivity contribution in [1.82, 2.24) is 4.98 Å². The summed E-state index contributed by atoms with van der Waals surface area (Å²) in [4.78, 5) is 19.7. The van der Waals surface area contributed by atoms with Crippen molar-refractivity contribution in [1.29, 1.82) is 0 Å². The van der Waals surface area contributed by atoms with E-state index >= 15 is 0 Å². The maximum absolute atomic E-state index is 13.6. The van der Waals surface area contributed by atoms with E-state index in [1.54, 1.807) is 23.5 Å². The maximum Gasteiger partial charge on any atom is 0.233 e. The van der Waals surface area contributed by atoms with Gasteiger partial charge in [0.2, 0.25) is 5.91 Å². The van der Waals surface area contributed by atoms with Crippen molar-refractivity contribution >= 4 is 22.9 Å². The van der Waals surface area contributed by atoms with Crippen LogP contribution in [0.2, 0.25) is 0 Å². The number of aromatic nitrogens is 1. The molecule has 9 heteroatoms. The molecule has 5 rings (SSSR count). The van der Waals surface area contributed by atoms with Gasteiger partial charge in [-0.05, 0) is 78.6 Å². The van der Waals surface area contributed by atoms with Crippen molar-refractivity contribution in [3.63, 3.8) is 0 Å². The number of hydrogen-bond donors (Lipinski definition) is 4. The van der Waals surface area contributed by atoms with Crippen LogP contribution in [0.15, 0.2) is 84.4 Å². The lowest BCUT2D eigenvalue weighted by Gasteiger charge is -2.48. The summed E-state index contributed by atoms with van der Waals surface area (Å²) >= 11 is 1.64. The Kier molecular flexibility index (Phi) is 10.00. The van der Waals surface area contributed by atoms with Gasteiger partial charge in [-0.2, -0.15) is 0 Å². The number of β-lactam (4-membered cyclic amide) rings is 1. The number of aliphatic hydroxyl groups excluding tert-OH is 3. The van der Waals surface area contributed by atoms with Crippen LogP contribution in [0.25, 0.3) is 0 Å². The van der Waals surface area contributed by atoms with E-state index in [0.717, 1.165) is 40.2 Å². The van der Waals surface area contributed by atoms with Gasteiger partial charge in [-0.1, -0.05) is 48.5 Å². The number of nitrogens with zero attached hydrogens (tertiary/aromatic N) is 2. The Morgan fingerprint density at radius 1 is 0.907 bits per heavy atom. The smallest absolute Gasteiger partial charge is 0.233 e. The lowest BCUT2D eigenvalue weighted by molar-refractivity contribution is -0.131. The van der Waals surface area contributed by atoms with E-state index in [-0.39, 0.29) is 30.1 Å². The average molecular weight is 605 g/mol. The number of aryl methyl sites for hydroxylation is 3.